The first kappa shape index (κ1) is 24.3. The molecule has 0 unspecified atom stereocenters. The Hall–Kier alpha value is -5.54. The van der Waals surface area contributed by atoms with Crippen LogP contribution in [-0.2, 0) is 0 Å². The van der Waals surface area contributed by atoms with Crippen molar-refractivity contribution in [2.75, 3.05) is 0 Å². The van der Waals surface area contributed by atoms with Crippen LogP contribution in [0.15, 0.2) is 145 Å². The lowest BCUT2D eigenvalue weighted by molar-refractivity contribution is 1.11. The maximum atomic E-state index is 5.12. The number of nitrogens with zero attached hydrogens (tertiary/aromatic N) is 3. The third kappa shape index (κ3) is 3.68. The molecule has 1 aliphatic rings. The van der Waals surface area contributed by atoms with Crippen molar-refractivity contribution in [2.45, 2.75) is 6.42 Å². The highest BCUT2D eigenvalue weighted by atomic mass is 15.0. The highest BCUT2D eigenvalue weighted by Gasteiger charge is 2.20. The van der Waals surface area contributed by atoms with Crippen LogP contribution in [0.25, 0.3) is 60.4 Å². The van der Waals surface area contributed by atoms with Crippen LogP contribution in [0.5, 0.6) is 0 Å². The van der Waals surface area contributed by atoms with Gasteiger partial charge in [0, 0.05) is 11.8 Å². The minimum Gasteiger partial charge on any atom is -0.298 e. The largest absolute Gasteiger partial charge is 0.298 e. The number of aliphatic imine (C=N–C) groups is 1. The van der Waals surface area contributed by atoms with Crippen LogP contribution in [0.2, 0.25) is 0 Å². The number of benzene rings is 5. The molecule has 0 radical (unpaired) electrons. The molecule has 2 aromatic heterocycles. The SMILES string of the molecule is C=N/C(c1c2ccccc2c(-c2cccc3ccccc23)c2ccccc12)=c1\c(=C2\C=CC=CC2)nc2ccccn12. The van der Waals surface area contributed by atoms with E-state index in [2.05, 4.69) is 139 Å². The van der Waals surface area contributed by atoms with Gasteiger partial charge in [-0.15, -0.1) is 0 Å². The summed E-state index contributed by atoms with van der Waals surface area (Å²) in [7, 11) is 0. The molecule has 0 fully saturated rings. The number of imidazole rings is 1. The number of hydrogen-bond donors (Lipinski definition) is 0. The quantitative estimate of drug-likeness (QED) is 0.166. The Labute approximate surface area is 243 Å². The van der Waals surface area contributed by atoms with E-state index in [0.29, 0.717) is 0 Å². The lowest BCUT2D eigenvalue weighted by atomic mass is 9.85. The third-order valence-corrected chi connectivity index (χ3v) is 8.33. The molecule has 5 aromatic carbocycles. The molecule has 0 saturated carbocycles. The molecular formula is C39H27N3. The normalized spacial score (nSPS) is 15.1. The van der Waals surface area contributed by atoms with Gasteiger partial charge < -0.3 is 0 Å². The van der Waals surface area contributed by atoms with Gasteiger partial charge in [0.05, 0.1) is 16.4 Å². The van der Waals surface area contributed by atoms with Crippen molar-refractivity contribution >= 4 is 56.0 Å². The van der Waals surface area contributed by atoms with E-state index in [4.69, 9.17) is 9.98 Å². The first-order valence-corrected chi connectivity index (χ1v) is 14.3. The Morgan fingerprint density at radius 1 is 0.690 bits per heavy atom. The molecular weight excluding hydrogens is 510 g/mol. The Bertz CT molecular complexity index is 2340. The molecule has 7 aromatic rings. The second-order valence-electron chi connectivity index (χ2n) is 10.6. The fourth-order valence-electron chi connectivity index (χ4n) is 6.52. The minimum atomic E-state index is 0.819. The molecule has 1 aliphatic carbocycles. The van der Waals surface area contributed by atoms with E-state index in [1.165, 1.54) is 38.2 Å². The fraction of sp³-hybridized carbons (Fsp3) is 0.0256. The van der Waals surface area contributed by atoms with E-state index >= 15 is 0 Å². The van der Waals surface area contributed by atoms with Crippen molar-refractivity contribution in [1.82, 2.24) is 9.38 Å². The summed E-state index contributed by atoms with van der Waals surface area (Å²) in [4.78, 5) is 9.93. The lowest BCUT2D eigenvalue weighted by Gasteiger charge is -2.18. The number of allylic oxidation sites excluding steroid dienone is 4. The molecule has 0 amide bonds. The standard InChI is InChI=1S/C39H27N3/c1-40-38(39-37(27-15-3-2-4-16-27)41-34-24-11-12-25-42(34)39)36-32-21-9-7-19-30(32)35(31-20-8-10-22-33(31)36)29-23-13-17-26-14-5-6-18-28(26)29/h2-15,17-25H,1,16H2/b37-27+,39-38+. The molecule has 198 valence electrons. The van der Waals surface area contributed by atoms with Crippen molar-refractivity contribution in [3.05, 3.63) is 156 Å². The zero-order valence-corrected chi connectivity index (χ0v) is 23.0. The van der Waals surface area contributed by atoms with Crippen molar-refractivity contribution < 1.29 is 0 Å². The second kappa shape index (κ2) is 9.83. The van der Waals surface area contributed by atoms with Gasteiger partial charge in [-0.1, -0.05) is 121 Å². The van der Waals surface area contributed by atoms with Gasteiger partial charge in [-0.25, -0.2) is 4.98 Å². The summed E-state index contributed by atoms with van der Waals surface area (Å²) in [6.45, 7) is 4.15. The molecule has 42 heavy (non-hydrogen) atoms. The smallest absolute Gasteiger partial charge is 0.137 e. The topological polar surface area (TPSA) is 29.7 Å². The molecule has 0 aliphatic heterocycles. The number of fused-ring (bicyclic) bond motifs is 4. The summed E-state index contributed by atoms with van der Waals surface area (Å²) in [6.07, 6.45) is 11.4. The highest BCUT2D eigenvalue weighted by molar-refractivity contribution is 6.21. The van der Waals surface area contributed by atoms with Crippen molar-refractivity contribution in [2.24, 2.45) is 4.99 Å². The summed E-state index contributed by atoms with van der Waals surface area (Å²) in [6, 6.07) is 38.8. The van der Waals surface area contributed by atoms with Gasteiger partial charge in [0.15, 0.2) is 0 Å². The van der Waals surface area contributed by atoms with Crippen LogP contribution in [-0.4, -0.2) is 16.1 Å². The van der Waals surface area contributed by atoms with Crippen LogP contribution in [0.1, 0.15) is 12.0 Å². The minimum absolute atomic E-state index is 0.819. The van der Waals surface area contributed by atoms with E-state index in [-0.39, 0.29) is 0 Å². The van der Waals surface area contributed by atoms with Gasteiger partial charge in [-0.3, -0.25) is 9.39 Å². The number of aromatic nitrogens is 2. The fourth-order valence-corrected chi connectivity index (χ4v) is 6.52. The van der Waals surface area contributed by atoms with Gasteiger partial charge in [0.2, 0.25) is 0 Å². The Morgan fingerprint density at radius 3 is 2.07 bits per heavy atom. The van der Waals surface area contributed by atoms with E-state index in [1.54, 1.807) is 0 Å². The number of hydrogen-bond acceptors (Lipinski definition) is 2. The summed E-state index contributed by atoms with van der Waals surface area (Å²) in [5.74, 6) is 0. The van der Waals surface area contributed by atoms with E-state index < -0.39 is 0 Å². The Kier molecular flexibility index (Phi) is 5.68. The zero-order chi connectivity index (χ0) is 28.0. The number of rotatable bonds is 3. The predicted octanol–water partition coefficient (Wildman–Crippen LogP) is 7.98. The third-order valence-electron chi connectivity index (χ3n) is 8.33. The second-order valence-corrected chi connectivity index (χ2v) is 10.6. The van der Waals surface area contributed by atoms with Crippen molar-refractivity contribution in [3.8, 4) is 11.1 Å². The average molecular weight is 538 g/mol. The summed E-state index contributed by atoms with van der Waals surface area (Å²) < 4.78 is 2.15. The van der Waals surface area contributed by atoms with E-state index in [0.717, 1.165) is 44.8 Å². The molecule has 0 saturated heterocycles. The summed E-state index contributed by atoms with van der Waals surface area (Å²) >= 11 is 0. The van der Waals surface area contributed by atoms with Crippen LogP contribution in [0.4, 0.5) is 0 Å². The number of pyridine rings is 1. The van der Waals surface area contributed by atoms with Gasteiger partial charge in [-0.2, -0.15) is 0 Å². The first-order chi connectivity index (χ1) is 20.8. The Morgan fingerprint density at radius 2 is 1.36 bits per heavy atom. The monoisotopic (exact) mass is 537 g/mol. The highest BCUT2D eigenvalue weighted by Crippen LogP contribution is 2.43. The molecule has 0 spiro atoms. The first-order valence-electron chi connectivity index (χ1n) is 14.3. The molecule has 3 nitrogen and oxygen atoms in total. The summed E-state index contributed by atoms with van der Waals surface area (Å²) in [5.41, 5.74) is 6.42. The summed E-state index contributed by atoms with van der Waals surface area (Å²) in [5, 5.41) is 9.03. The van der Waals surface area contributed by atoms with Crippen LogP contribution in [0, 0.1) is 0 Å². The van der Waals surface area contributed by atoms with Gasteiger partial charge in [0.1, 0.15) is 5.65 Å². The molecule has 3 heteroatoms. The van der Waals surface area contributed by atoms with Gasteiger partial charge in [-0.05, 0) is 74.3 Å². The molecule has 8 rings (SSSR count). The van der Waals surface area contributed by atoms with Crippen molar-refractivity contribution in [3.63, 3.8) is 0 Å². The van der Waals surface area contributed by atoms with Crippen LogP contribution < -0.4 is 10.7 Å². The molecule has 2 heterocycles. The van der Waals surface area contributed by atoms with E-state index in [9.17, 15) is 0 Å². The van der Waals surface area contributed by atoms with Crippen LogP contribution in [0.3, 0.4) is 0 Å². The maximum absolute atomic E-state index is 5.12. The van der Waals surface area contributed by atoms with Crippen LogP contribution >= 0.6 is 0 Å². The molecule has 0 bridgehead atoms. The Balaban J connectivity index is 1.61. The lowest BCUT2D eigenvalue weighted by Crippen LogP contribution is -2.32. The van der Waals surface area contributed by atoms with Crippen molar-refractivity contribution in [1.29, 1.82) is 0 Å². The van der Waals surface area contributed by atoms with Gasteiger partial charge in [0.25, 0.3) is 0 Å². The molecule has 0 atom stereocenters. The molecule has 0 N–H and O–H groups in total. The zero-order valence-electron chi connectivity index (χ0n) is 23.0. The maximum Gasteiger partial charge on any atom is 0.137 e. The predicted molar refractivity (Wildman–Crippen MR) is 177 cm³/mol. The average Bonchev–Trinajstić information content (AvgIpc) is 3.44. The van der Waals surface area contributed by atoms with E-state index in [1.807, 2.05) is 12.1 Å². The van der Waals surface area contributed by atoms with Gasteiger partial charge >= 0.3 is 0 Å².